The molecule has 30 heavy (non-hydrogen) atoms. The quantitative estimate of drug-likeness (QED) is 0.425. The summed E-state index contributed by atoms with van der Waals surface area (Å²) in [5, 5.41) is 16.9. The van der Waals surface area contributed by atoms with E-state index in [2.05, 4.69) is 20.6 Å². The first-order chi connectivity index (χ1) is 14.5. The molecular weight excluding hydrogens is 381 g/mol. The van der Waals surface area contributed by atoms with Crippen LogP contribution in [0.15, 0.2) is 42.5 Å². The number of nitrogens with one attached hydrogen (secondary N) is 2. The molecule has 5 N–H and O–H groups in total. The Balaban J connectivity index is 1.62. The summed E-state index contributed by atoms with van der Waals surface area (Å²) in [6, 6.07) is 12.1. The summed E-state index contributed by atoms with van der Waals surface area (Å²) in [7, 11) is 0. The largest absolute Gasteiger partial charge is 0.507 e. The zero-order valence-electron chi connectivity index (χ0n) is 17.0. The third-order valence-corrected chi connectivity index (χ3v) is 5.38. The second-order valence-corrected chi connectivity index (χ2v) is 7.82. The average Bonchev–Trinajstić information content (AvgIpc) is 2.72. The van der Waals surface area contributed by atoms with Gasteiger partial charge >= 0.3 is 0 Å². The number of nitrogens with two attached hydrogens (primary N) is 1. The monoisotopic (exact) mass is 407 g/mol. The molecule has 3 aromatic rings. The molecule has 1 aromatic heterocycles. The van der Waals surface area contributed by atoms with E-state index in [1.54, 1.807) is 30.3 Å². The van der Waals surface area contributed by atoms with Crippen LogP contribution < -0.4 is 16.4 Å². The zero-order chi connectivity index (χ0) is 21.1. The van der Waals surface area contributed by atoms with Crippen molar-refractivity contribution in [1.82, 2.24) is 9.97 Å². The number of benzene rings is 2. The number of phenolic OH excluding ortho intramolecular Hbond substituents is 1. The summed E-state index contributed by atoms with van der Waals surface area (Å²) < 4.78 is 14.2. The van der Waals surface area contributed by atoms with Crippen LogP contribution in [-0.2, 0) is 0 Å². The zero-order valence-corrected chi connectivity index (χ0v) is 17.0. The molecule has 2 aromatic carbocycles. The minimum atomic E-state index is -0.338. The molecule has 0 saturated heterocycles. The van der Waals surface area contributed by atoms with Crippen molar-refractivity contribution in [1.29, 1.82) is 0 Å². The third kappa shape index (κ3) is 4.62. The molecule has 0 spiro atoms. The molecule has 0 atom stereocenters. The van der Waals surface area contributed by atoms with E-state index in [-0.39, 0.29) is 17.5 Å². The van der Waals surface area contributed by atoms with Crippen molar-refractivity contribution < 1.29 is 9.50 Å². The number of hydrogen-bond donors (Lipinski definition) is 4. The van der Waals surface area contributed by atoms with Gasteiger partial charge in [0.15, 0.2) is 0 Å². The smallest absolute Gasteiger partial charge is 0.222 e. The number of nitrogen functional groups attached to an aromatic ring is 1. The summed E-state index contributed by atoms with van der Waals surface area (Å²) in [4.78, 5) is 8.60. The molecule has 1 fully saturated rings. The number of hydrogen-bond acceptors (Lipinski definition) is 6. The van der Waals surface area contributed by atoms with Gasteiger partial charge in [0.05, 0.1) is 11.4 Å². The predicted octanol–water partition coefficient (Wildman–Crippen LogP) is 5.37. The van der Waals surface area contributed by atoms with Crippen LogP contribution in [0.2, 0.25) is 0 Å². The number of halogens is 1. The Hall–Kier alpha value is -3.35. The van der Waals surface area contributed by atoms with Crippen LogP contribution in [0.3, 0.4) is 0 Å². The normalized spacial score (nSPS) is 14.5. The Bertz CT molecular complexity index is 1050. The van der Waals surface area contributed by atoms with Crippen LogP contribution in [-0.4, -0.2) is 21.1 Å². The Morgan fingerprint density at radius 3 is 2.60 bits per heavy atom. The fourth-order valence-corrected chi connectivity index (χ4v) is 3.83. The molecule has 0 amide bonds. The average molecular weight is 407 g/mol. The summed E-state index contributed by atoms with van der Waals surface area (Å²) in [5.41, 5.74) is 8.77. The second-order valence-electron chi connectivity index (χ2n) is 7.82. The number of aryl methyl sites for hydroxylation is 1. The molecule has 156 valence electrons. The Morgan fingerprint density at radius 1 is 1.03 bits per heavy atom. The van der Waals surface area contributed by atoms with Crippen molar-refractivity contribution in [3.63, 3.8) is 0 Å². The van der Waals surface area contributed by atoms with Crippen LogP contribution in [0, 0.1) is 12.7 Å². The lowest BCUT2D eigenvalue weighted by Crippen LogP contribution is -2.23. The molecule has 0 radical (unpaired) electrons. The highest BCUT2D eigenvalue weighted by Crippen LogP contribution is 2.34. The molecule has 4 rings (SSSR count). The standard InChI is InChI=1S/C23H26FN5O/c1-14-7-9-19(18(24)11-14)26-16-8-10-21(30)17(12-16)20-13-22(29-23(25)28-20)27-15-5-3-2-4-6-15/h7-13,15,26,30H,2-6H2,1H3,(H3,25,27,28,29). The molecular formula is C23H26FN5O. The highest BCUT2D eigenvalue weighted by Gasteiger charge is 2.16. The lowest BCUT2D eigenvalue weighted by Gasteiger charge is -2.23. The first-order valence-corrected chi connectivity index (χ1v) is 10.3. The van der Waals surface area contributed by atoms with E-state index < -0.39 is 0 Å². The van der Waals surface area contributed by atoms with Crippen LogP contribution >= 0.6 is 0 Å². The van der Waals surface area contributed by atoms with Crippen LogP contribution in [0.4, 0.5) is 27.5 Å². The van der Waals surface area contributed by atoms with E-state index in [9.17, 15) is 9.50 Å². The topological polar surface area (TPSA) is 96.1 Å². The molecule has 1 aliphatic rings. The lowest BCUT2D eigenvalue weighted by atomic mass is 9.95. The highest BCUT2D eigenvalue weighted by atomic mass is 19.1. The summed E-state index contributed by atoms with van der Waals surface area (Å²) >= 11 is 0. The number of nitrogens with zero attached hydrogens (tertiary/aromatic N) is 2. The van der Waals surface area contributed by atoms with Crippen molar-refractivity contribution in [2.45, 2.75) is 45.1 Å². The molecule has 0 bridgehead atoms. The van der Waals surface area contributed by atoms with E-state index in [4.69, 9.17) is 5.73 Å². The van der Waals surface area contributed by atoms with E-state index in [1.807, 2.05) is 13.0 Å². The summed E-state index contributed by atoms with van der Waals surface area (Å²) in [5.74, 6) is 0.501. The third-order valence-electron chi connectivity index (χ3n) is 5.38. The van der Waals surface area contributed by atoms with Crippen LogP contribution in [0.25, 0.3) is 11.3 Å². The summed E-state index contributed by atoms with van der Waals surface area (Å²) in [6.45, 7) is 1.84. The fourth-order valence-electron chi connectivity index (χ4n) is 3.83. The number of phenols is 1. The lowest BCUT2D eigenvalue weighted by molar-refractivity contribution is 0.462. The van der Waals surface area contributed by atoms with E-state index in [0.29, 0.717) is 34.5 Å². The second kappa shape index (κ2) is 8.57. The first-order valence-electron chi connectivity index (χ1n) is 10.3. The first kappa shape index (κ1) is 19.9. The number of aromatic hydroxyl groups is 1. The van der Waals surface area contributed by atoms with Gasteiger partial charge in [0.1, 0.15) is 17.4 Å². The van der Waals surface area contributed by atoms with Gasteiger partial charge in [0.25, 0.3) is 0 Å². The van der Waals surface area contributed by atoms with E-state index in [0.717, 1.165) is 18.4 Å². The van der Waals surface area contributed by atoms with Gasteiger partial charge < -0.3 is 21.5 Å². The van der Waals surface area contributed by atoms with Gasteiger partial charge in [-0.15, -0.1) is 0 Å². The van der Waals surface area contributed by atoms with Gasteiger partial charge in [-0.2, -0.15) is 4.98 Å². The Morgan fingerprint density at radius 2 is 1.83 bits per heavy atom. The molecule has 1 aliphatic carbocycles. The predicted molar refractivity (Wildman–Crippen MR) is 118 cm³/mol. The maximum Gasteiger partial charge on any atom is 0.222 e. The van der Waals surface area contributed by atoms with Crippen LogP contribution in [0.5, 0.6) is 5.75 Å². The fraction of sp³-hybridized carbons (Fsp3) is 0.304. The molecule has 0 aliphatic heterocycles. The molecule has 7 heteroatoms. The van der Waals surface area contributed by atoms with Crippen molar-refractivity contribution in [2.75, 3.05) is 16.4 Å². The maximum absolute atomic E-state index is 14.2. The van der Waals surface area contributed by atoms with Crippen molar-refractivity contribution >= 4 is 23.1 Å². The SMILES string of the molecule is Cc1ccc(Nc2ccc(O)c(-c3cc(NC4CCCCC4)nc(N)n3)c2)c(F)c1. The molecule has 6 nitrogen and oxygen atoms in total. The number of anilines is 4. The van der Waals surface area contributed by atoms with Crippen molar-refractivity contribution in [3.05, 3.63) is 53.8 Å². The number of aromatic nitrogens is 2. The molecule has 0 unspecified atom stereocenters. The Labute approximate surface area is 175 Å². The van der Waals surface area contributed by atoms with Gasteiger partial charge in [-0.05, 0) is 55.7 Å². The van der Waals surface area contributed by atoms with Gasteiger partial charge in [-0.25, -0.2) is 9.37 Å². The minimum absolute atomic E-state index is 0.0617. The van der Waals surface area contributed by atoms with Gasteiger partial charge in [0, 0.05) is 23.4 Å². The van der Waals surface area contributed by atoms with Crippen molar-refractivity contribution in [2.24, 2.45) is 0 Å². The number of rotatable bonds is 5. The minimum Gasteiger partial charge on any atom is -0.507 e. The maximum atomic E-state index is 14.2. The van der Waals surface area contributed by atoms with E-state index in [1.165, 1.54) is 25.3 Å². The Kier molecular flexibility index (Phi) is 5.70. The molecule has 1 saturated carbocycles. The summed E-state index contributed by atoms with van der Waals surface area (Å²) in [6.07, 6.45) is 5.88. The van der Waals surface area contributed by atoms with Gasteiger partial charge in [0.2, 0.25) is 5.95 Å². The van der Waals surface area contributed by atoms with Crippen molar-refractivity contribution in [3.8, 4) is 17.0 Å². The van der Waals surface area contributed by atoms with Gasteiger partial charge in [-0.3, -0.25) is 0 Å². The highest BCUT2D eigenvalue weighted by molar-refractivity contribution is 5.75. The van der Waals surface area contributed by atoms with Gasteiger partial charge in [-0.1, -0.05) is 25.3 Å². The van der Waals surface area contributed by atoms with Crippen LogP contribution in [0.1, 0.15) is 37.7 Å². The molecule has 1 heterocycles. The van der Waals surface area contributed by atoms with E-state index >= 15 is 0 Å².